The number of nitrogens with zero attached hydrogens (tertiary/aromatic N) is 5. The molecule has 0 N–H and O–H groups in total. The van der Waals surface area contributed by atoms with Gasteiger partial charge in [-0.1, -0.05) is 121 Å². The zero-order chi connectivity index (χ0) is 36.0. The molecular formula is C49H29N5S. The van der Waals surface area contributed by atoms with Crippen LogP contribution < -0.4 is 0 Å². The van der Waals surface area contributed by atoms with Crippen LogP contribution in [-0.2, 0) is 0 Å². The van der Waals surface area contributed by atoms with Crippen LogP contribution in [0, 0.1) is 0 Å². The molecule has 0 atom stereocenters. The molecule has 5 heterocycles. The lowest BCUT2D eigenvalue weighted by atomic mass is 10.00. The van der Waals surface area contributed by atoms with E-state index in [4.69, 9.17) is 15.0 Å². The summed E-state index contributed by atoms with van der Waals surface area (Å²) in [7, 11) is 0. The van der Waals surface area contributed by atoms with Crippen LogP contribution in [0.1, 0.15) is 0 Å². The molecule has 0 saturated carbocycles. The summed E-state index contributed by atoms with van der Waals surface area (Å²) >= 11 is 1.81. The third kappa shape index (κ3) is 4.55. The molecule has 0 radical (unpaired) electrons. The van der Waals surface area contributed by atoms with E-state index in [1.165, 1.54) is 59.3 Å². The first-order valence-corrected chi connectivity index (χ1v) is 19.3. The zero-order valence-corrected chi connectivity index (χ0v) is 30.2. The van der Waals surface area contributed by atoms with Gasteiger partial charge < -0.3 is 4.57 Å². The second-order valence-corrected chi connectivity index (χ2v) is 15.0. The lowest BCUT2D eigenvalue weighted by Gasteiger charge is -2.12. The molecule has 0 bridgehead atoms. The second kappa shape index (κ2) is 11.7. The quantitative estimate of drug-likeness (QED) is 0.178. The Hall–Kier alpha value is -7.15. The van der Waals surface area contributed by atoms with Crippen LogP contribution in [-0.4, -0.2) is 23.9 Å². The van der Waals surface area contributed by atoms with Crippen LogP contribution in [0.4, 0.5) is 0 Å². The Labute approximate surface area is 319 Å². The summed E-state index contributed by atoms with van der Waals surface area (Å²) in [4.78, 5) is 16.3. The smallest absolute Gasteiger partial charge is 0.164 e. The highest BCUT2D eigenvalue weighted by molar-refractivity contribution is 7.17. The van der Waals surface area contributed by atoms with Crippen LogP contribution >= 0.6 is 11.3 Å². The standard InChI is InChI=1S/C49H29N5S/c1-3-11-30(12-4-1)46-50-47(31-13-5-2-6-14-31)52-48(51-46)34-15-9-16-35(27-34)53-42-20-8-7-17-36(42)40-28-32(21-23-43(40)53)33-22-24-44-41(29-33)38-19-10-18-37-39-25-26-55-49(39)54(44)45(37)38/h1-29H. The van der Waals surface area contributed by atoms with Gasteiger partial charge in [0.2, 0.25) is 0 Å². The average molecular weight is 720 g/mol. The van der Waals surface area contributed by atoms with Crippen molar-refractivity contribution in [3.63, 3.8) is 0 Å². The molecule has 0 aliphatic heterocycles. The molecule has 5 aromatic heterocycles. The molecule has 0 spiro atoms. The molecule has 5 nitrogen and oxygen atoms in total. The predicted octanol–water partition coefficient (Wildman–Crippen LogP) is 12.8. The summed E-state index contributed by atoms with van der Waals surface area (Å²) in [5, 5.41) is 9.89. The molecule has 0 aliphatic rings. The molecule has 0 fully saturated rings. The van der Waals surface area contributed by atoms with Gasteiger partial charge in [0, 0.05) is 54.7 Å². The molecule has 0 unspecified atom stereocenters. The number of benzene rings is 7. The van der Waals surface area contributed by atoms with Crippen molar-refractivity contribution in [2.75, 3.05) is 0 Å². The first kappa shape index (κ1) is 30.3. The van der Waals surface area contributed by atoms with Gasteiger partial charge in [0.05, 0.1) is 22.1 Å². The van der Waals surface area contributed by atoms with Crippen molar-refractivity contribution in [1.29, 1.82) is 0 Å². The molecule has 7 aromatic carbocycles. The van der Waals surface area contributed by atoms with Crippen molar-refractivity contribution in [3.8, 4) is 51.0 Å². The lowest BCUT2D eigenvalue weighted by molar-refractivity contribution is 1.07. The monoisotopic (exact) mass is 719 g/mol. The van der Waals surface area contributed by atoms with Crippen LogP contribution in [0.2, 0.25) is 0 Å². The summed E-state index contributed by atoms with van der Waals surface area (Å²) in [6.45, 7) is 0. The van der Waals surface area contributed by atoms with Gasteiger partial charge in [-0.05, 0) is 65.0 Å². The maximum Gasteiger partial charge on any atom is 0.164 e. The first-order chi connectivity index (χ1) is 27.3. The minimum atomic E-state index is 0.636. The van der Waals surface area contributed by atoms with Crippen molar-refractivity contribution in [1.82, 2.24) is 23.9 Å². The van der Waals surface area contributed by atoms with Crippen molar-refractivity contribution >= 4 is 70.6 Å². The van der Waals surface area contributed by atoms with Crippen molar-refractivity contribution in [2.45, 2.75) is 0 Å². The fraction of sp³-hybridized carbons (Fsp3) is 0. The molecule has 12 rings (SSSR count). The molecule has 0 saturated heterocycles. The number of para-hydroxylation sites is 2. The molecule has 0 aliphatic carbocycles. The molecular weight excluding hydrogens is 691 g/mol. The van der Waals surface area contributed by atoms with Gasteiger partial charge >= 0.3 is 0 Å². The minimum Gasteiger partial charge on any atom is -0.309 e. The number of aromatic nitrogens is 5. The minimum absolute atomic E-state index is 0.636. The number of hydrogen-bond acceptors (Lipinski definition) is 4. The van der Waals surface area contributed by atoms with Gasteiger partial charge in [-0.2, -0.15) is 0 Å². The maximum atomic E-state index is 5.02. The molecule has 256 valence electrons. The van der Waals surface area contributed by atoms with Gasteiger partial charge in [-0.25, -0.2) is 15.0 Å². The van der Waals surface area contributed by atoms with E-state index < -0.39 is 0 Å². The Morgan fingerprint density at radius 1 is 0.364 bits per heavy atom. The Morgan fingerprint density at radius 3 is 1.64 bits per heavy atom. The van der Waals surface area contributed by atoms with E-state index in [2.05, 4.69) is 124 Å². The summed E-state index contributed by atoms with van der Waals surface area (Å²) < 4.78 is 4.81. The highest BCUT2D eigenvalue weighted by atomic mass is 32.1. The average Bonchev–Trinajstić information content (AvgIpc) is 4.02. The van der Waals surface area contributed by atoms with Crippen LogP contribution in [0.5, 0.6) is 0 Å². The maximum absolute atomic E-state index is 5.02. The number of fused-ring (bicyclic) bond motifs is 9. The van der Waals surface area contributed by atoms with Crippen LogP contribution in [0.15, 0.2) is 175 Å². The fourth-order valence-electron chi connectivity index (χ4n) is 8.51. The normalized spacial score (nSPS) is 12.0. The van der Waals surface area contributed by atoms with Gasteiger partial charge in [0.25, 0.3) is 0 Å². The third-order valence-electron chi connectivity index (χ3n) is 11.0. The van der Waals surface area contributed by atoms with E-state index in [9.17, 15) is 0 Å². The summed E-state index contributed by atoms with van der Waals surface area (Å²) in [5.41, 5.74) is 11.2. The van der Waals surface area contributed by atoms with Gasteiger partial charge in [0.15, 0.2) is 17.5 Å². The Bertz CT molecular complexity index is 3370. The topological polar surface area (TPSA) is 48.0 Å². The molecule has 55 heavy (non-hydrogen) atoms. The van der Waals surface area contributed by atoms with Gasteiger partial charge in [-0.15, -0.1) is 11.3 Å². The number of rotatable bonds is 5. The SMILES string of the molecule is c1ccc(-c2nc(-c3ccccc3)nc(-c3cccc(-n4c5ccccc5c5cc(-c6ccc7c(c6)c6cccc8c9ccsc9n7c68)ccc54)c3)n2)cc1. The largest absolute Gasteiger partial charge is 0.309 e. The Balaban J connectivity index is 1.00. The highest BCUT2D eigenvalue weighted by Crippen LogP contribution is 2.42. The number of hydrogen-bond donors (Lipinski definition) is 0. The summed E-state index contributed by atoms with van der Waals surface area (Å²) in [6.07, 6.45) is 0. The van der Waals surface area contributed by atoms with Crippen molar-refractivity contribution in [2.24, 2.45) is 0 Å². The number of thiophene rings is 1. The zero-order valence-electron chi connectivity index (χ0n) is 29.4. The Kier molecular flexibility index (Phi) is 6.44. The van der Waals surface area contributed by atoms with E-state index in [1.807, 2.05) is 72.0 Å². The lowest BCUT2D eigenvalue weighted by Crippen LogP contribution is -2.01. The van der Waals surface area contributed by atoms with E-state index >= 15 is 0 Å². The van der Waals surface area contributed by atoms with Crippen LogP contribution in [0.3, 0.4) is 0 Å². The van der Waals surface area contributed by atoms with E-state index in [1.54, 1.807) is 0 Å². The van der Waals surface area contributed by atoms with Gasteiger partial charge in [-0.3, -0.25) is 4.40 Å². The fourth-order valence-corrected chi connectivity index (χ4v) is 9.44. The molecule has 0 amide bonds. The van der Waals surface area contributed by atoms with Gasteiger partial charge in [0.1, 0.15) is 4.83 Å². The van der Waals surface area contributed by atoms with E-state index in [0.717, 1.165) is 33.4 Å². The first-order valence-electron chi connectivity index (χ1n) is 18.4. The van der Waals surface area contributed by atoms with Crippen molar-refractivity contribution in [3.05, 3.63) is 175 Å². The van der Waals surface area contributed by atoms with E-state index in [0.29, 0.717) is 17.5 Å². The molecule has 12 aromatic rings. The second-order valence-electron chi connectivity index (χ2n) is 14.1. The van der Waals surface area contributed by atoms with E-state index in [-0.39, 0.29) is 0 Å². The van der Waals surface area contributed by atoms with Crippen LogP contribution in [0.25, 0.3) is 110 Å². The highest BCUT2D eigenvalue weighted by Gasteiger charge is 2.20. The predicted molar refractivity (Wildman–Crippen MR) is 228 cm³/mol. The summed E-state index contributed by atoms with van der Waals surface area (Å²) in [5.74, 6) is 1.93. The Morgan fingerprint density at radius 2 is 0.909 bits per heavy atom. The summed E-state index contributed by atoms with van der Waals surface area (Å²) in [6, 6.07) is 60.3. The molecule has 6 heteroatoms. The third-order valence-corrected chi connectivity index (χ3v) is 11.9. The van der Waals surface area contributed by atoms with Crippen molar-refractivity contribution < 1.29 is 0 Å².